The highest BCUT2D eigenvalue weighted by atomic mass is 19.4. The van der Waals surface area contributed by atoms with Gasteiger partial charge in [-0.05, 0) is 24.6 Å². The number of hydrogen-bond donors (Lipinski definition) is 0. The first kappa shape index (κ1) is 16.8. The number of halogens is 3. The molecule has 5 nitrogen and oxygen atoms in total. The van der Waals surface area contributed by atoms with E-state index in [4.69, 9.17) is 4.74 Å². The molecule has 0 aliphatic carbocycles. The van der Waals surface area contributed by atoms with Gasteiger partial charge < -0.3 is 14.5 Å². The summed E-state index contributed by atoms with van der Waals surface area (Å²) in [6.07, 6.45) is -4.08. The fraction of sp³-hybridized carbons (Fsp3) is 0.500. The van der Waals surface area contributed by atoms with Crippen LogP contribution in [0.5, 0.6) is 0 Å². The van der Waals surface area contributed by atoms with Crippen LogP contribution < -0.4 is 0 Å². The van der Waals surface area contributed by atoms with Gasteiger partial charge >= 0.3 is 6.18 Å². The molecule has 2 aliphatic rings. The van der Waals surface area contributed by atoms with Gasteiger partial charge in [0.1, 0.15) is 6.61 Å². The molecule has 1 aromatic rings. The Kier molecular flexibility index (Phi) is 4.25. The number of rotatable bonds is 1. The molecule has 0 aromatic heterocycles. The van der Waals surface area contributed by atoms with Gasteiger partial charge in [0, 0.05) is 25.7 Å². The SMILES string of the molecule is CN1C(=O)CO[C@@H]2CCN(C(=O)c3cccc(C(F)(F)F)c3)C[C@@H]21. The first-order valence-corrected chi connectivity index (χ1v) is 7.61. The minimum Gasteiger partial charge on any atom is -0.366 e. The fourth-order valence-electron chi connectivity index (χ4n) is 3.14. The van der Waals surface area contributed by atoms with Crippen LogP contribution in [-0.2, 0) is 15.7 Å². The smallest absolute Gasteiger partial charge is 0.366 e. The Morgan fingerprint density at radius 1 is 1.33 bits per heavy atom. The fourth-order valence-corrected chi connectivity index (χ4v) is 3.14. The van der Waals surface area contributed by atoms with Crippen LogP contribution in [0.4, 0.5) is 13.2 Å². The summed E-state index contributed by atoms with van der Waals surface area (Å²) in [5, 5.41) is 0. The number of carbonyl (C=O) groups excluding carboxylic acids is 2. The number of benzene rings is 1. The number of fused-ring (bicyclic) bond motifs is 1. The summed E-state index contributed by atoms with van der Waals surface area (Å²) in [7, 11) is 1.65. The van der Waals surface area contributed by atoms with E-state index in [1.165, 1.54) is 17.0 Å². The van der Waals surface area contributed by atoms with E-state index in [1.54, 1.807) is 11.9 Å². The first-order chi connectivity index (χ1) is 11.3. The van der Waals surface area contributed by atoms with Gasteiger partial charge in [0.2, 0.25) is 5.91 Å². The van der Waals surface area contributed by atoms with E-state index in [0.717, 1.165) is 12.1 Å². The molecule has 0 bridgehead atoms. The Balaban J connectivity index is 1.77. The highest BCUT2D eigenvalue weighted by Crippen LogP contribution is 2.30. The van der Waals surface area contributed by atoms with Crippen molar-refractivity contribution in [3.63, 3.8) is 0 Å². The molecule has 2 amide bonds. The average Bonchev–Trinajstić information content (AvgIpc) is 2.57. The summed E-state index contributed by atoms with van der Waals surface area (Å²) >= 11 is 0. The Labute approximate surface area is 137 Å². The maximum atomic E-state index is 12.8. The van der Waals surface area contributed by atoms with E-state index < -0.39 is 17.6 Å². The van der Waals surface area contributed by atoms with E-state index in [-0.39, 0.29) is 36.8 Å². The zero-order valence-corrected chi connectivity index (χ0v) is 13.0. The number of likely N-dealkylation sites (N-methyl/N-ethyl adjacent to an activating group) is 1. The summed E-state index contributed by atoms with van der Waals surface area (Å²) in [6, 6.07) is 4.12. The molecule has 0 radical (unpaired) electrons. The molecule has 8 heteroatoms. The molecule has 130 valence electrons. The minimum absolute atomic E-state index is 0.00557. The summed E-state index contributed by atoms with van der Waals surface area (Å²) in [5.74, 6) is -0.629. The number of morpholine rings is 1. The van der Waals surface area contributed by atoms with Crippen molar-refractivity contribution >= 4 is 11.8 Å². The van der Waals surface area contributed by atoms with E-state index in [9.17, 15) is 22.8 Å². The van der Waals surface area contributed by atoms with Crippen molar-refractivity contribution in [3.8, 4) is 0 Å². The summed E-state index contributed by atoms with van der Waals surface area (Å²) in [4.78, 5) is 27.3. The quantitative estimate of drug-likeness (QED) is 0.782. The Morgan fingerprint density at radius 2 is 2.08 bits per heavy atom. The van der Waals surface area contributed by atoms with Gasteiger partial charge in [-0.25, -0.2) is 0 Å². The molecule has 2 saturated heterocycles. The zero-order chi connectivity index (χ0) is 17.5. The summed E-state index contributed by atoms with van der Waals surface area (Å²) < 4.78 is 43.9. The third-order valence-electron chi connectivity index (χ3n) is 4.56. The van der Waals surface area contributed by atoms with Crippen LogP contribution in [0.15, 0.2) is 24.3 Å². The van der Waals surface area contributed by atoms with E-state index in [0.29, 0.717) is 13.0 Å². The lowest BCUT2D eigenvalue weighted by Crippen LogP contribution is -2.61. The molecule has 0 saturated carbocycles. The average molecular weight is 342 g/mol. The number of ether oxygens (including phenoxy) is 1. The zero-order valence-electron chi connectivity index (χ0n) is 13.0. The van der Waals surface area contributed by atoms with E-state index in [2.05, 4.69) is 0 Å². The van der Waals surface area contributed by atoms with Crippen molar-refractivity contribution < 1.29 is 27.5 Å². The molecular formula is C16H17F3N2O3. The number of nitrogens with zero attached hydrogens (tertiary/aromatic N) is 2. The predicted molar refractivity (Wildman–Crippen MR) is 78.3 cm³/mol. The summed E-state index contributed by atoms with van der Waals surface area (Å²) in [6.45, 7) is 0.666. The lowest BCUT2D eigenvalue weighted by atomic mass is 9.98. The third kappa shape index (κ3) is 3.10. The normalized spacial score (nSPS) is 24.8. The Morgan fingerprint density at radius 3 is 2.79 bits per heavy atom. The predicted octanol–water partition coefficient (Wildman–Crippen LogP) is 1.78. The second-order valence-electron chi connectivity index (χ2n) is 6.04. The molecule has 2 aliphatic heterocycles. The van der Waals surface area contributed by atoms with Crippen molar-refractivity contribution in [1.82, 2.24) is 9.80 Å². The topological polar surface area (TPSA) is 49.9 Å². The number of carbonyl (C=O) groups is 2. The number of amides is 2. The van der Waals surface area contributed by atoms with Crippen molar-refractivity contribution in [3.05, 3.63) is 35.4 Å². The number of piperidine rings is 1. The van der Waals surface area contributed by atoms with Crippen LogP contribution >= 0.6 is 0 Å². The Bertz CT molecular complexity index is 662. The molecular weight excluding hydrogens is 325 g/mol. The van der Waals surface area contributed by atoms with E-state index in [1.807, 2.05) is 0 Å². The molecule has 0 unspecified atom stereocenters. The van der Waals surface area contributed by atoms with Crippen LogP contribution in [0.3, 0.4) is 0 Å². The number of likely N-dealkylation sites (tertiary alicyclic amines) is 1. The third-order valence-corrected chi connectivity index (χ3v) is 4.56. The lowest BCUT2D eigenvalue weighted by Gasteiger charge is -2.45. The molecule has 0 spiro atoms. The van der Waals surface area contributed by atoms with Gasteiger partial charge in [0.05, 0.1) is 17.7 Å². The minimum atomic E-state index is -4.49. The molecule has 2 atom stereocenters. The van der Waals surface area contributed by atoms with Crippen LogP contribution in [-0.4, -0.2) is 60.5 Å². The van der Waals surface area contributed by atoms with Crippen molar-refractivity contribution in [1.29, 1.82) is 0 Å². The monoisotopic (exact) mass is 342 g/mol. The molecule has 1 aromatic carbocycles. The van der Waals surface area contributed by atoms with Crippen molar-refractivity contribution in [2.75, 3.05) is 26.7 Å². The first-order valence-electron chi connectivity index (χ1n) is 7.61. The molecule has 0 N–H and O–H groups in total. The highest BCUT2D eigenvalue weighted by molar-refractivity contribution is 5.94. The van der Waals surface area contributed by atoms with Crippen LogP contribution in [0, 0.1) is 0 Å². The number of hydrogen-bond acceptors (Lipinski definition) is 3. The standard InChI is InChI=1S/C16H17F3N2O3/c1-20-12-8-21(6-5-13(12)24-9-14(20)22)15(23)10-3-2-4-11(7-10)16(17,18)19/h2-4,7,12-13H,5-6,8-9H2,1H3/t12-,13+/m0/s1. The van der Waals surface area contributed by atoms with Crippen LogP contribution in [0.2, 0.25) is 0 Å². The van der Waals surface area contributed by atoms with Gasteiger partial charge in [0.25, 0.3) is 5.91 Å². The van der Waals surface area contributed by atoms with Crippen molar-refractivity contribution in [2.45, 2.75) is 24.7 Å². The van der Waals surface area contributed by atoms with Gasteiger partial charge in [-0.15, -0.1) is 0 Å². The van der Waals surface area contributed by atoms with E-state index >= 15 is 0 Å². The molecule has 24 heavy (non-hydrogen) atoms. The van der Waals surface area contributed by atoms with Gasteiger partial charge in [-0.3, -0.25) is 9.59 Å². The number of alkyl halides is 3. The van der Waals surface area contributed by atoms with Crippen molar-refractivity contribution in [2.24, 2.45) is 0 Å². The largest absolute Gasteiger partial charge is 0.416 e. The molecule has 2 fully saturated rings. The maximum absolute atomic E-state index is 12.8. The second kappa shape index (κ2) is 6.08. The molecule has 2 heterocycles. The second-order valence-corrected chi connectivity index (χ2v) is 6.04. The maximum Gasteiger partial charge on any atom is 0.416 e. The van der Waals surface area contributed by atoms with Gasteiger partial charge in [0.15, 0.2) is 0 Å². The van der Waals surface area contributed by atoms with Gasteiger partial charge in [-0.2, -0.15) is 13.2 Å². The molecule has 3 rings (SSSR count). The Hall–Kier alpha value is -2.09. The lowest BCUT2D eigenvalue weighted by molar-refractivity contribution is -0.159. The summed E-state index contributed by atoms with van der Waals surface area (Å²) in [5.41, 5.74) is -0.856. The van der Waals surface area contributed by atoms with Crippen LogP contribution in [0.25, 0.3) is 0 Å². The van der Waals surface area contributed by atoms with Gasteiger partial charge in [-0.1, -0.05) is 6.07 Å². The highest BCUT2D eigenvalue weighted by Gasteiger charge is 2.40. The van der Waals surface area contributed by atoms with Crippen LogP contribution in [0.1, 0.15) is 22.3 Å².